The molecule has 1 atom stereocenters. The average molecular weight is 327 g/mol. The van der Waals surface area contributed by atoms with E-state index in [0.717, 1.165) is 25.2 Å². The number of rotatable bonds is 6. The van der Waals surface area contributed by atoms with Crippen LogP contribution in [0.15, 0.2) is 30.6 Å². The Balaban J connectivity index is 1.48. The largest absolute Gasteiger partial charge is 0.368 e. The number of carbonyl (C=O) groups excluding carboxylic acids is 1. The van der Waals surface area contributed by atoms with Crippen LogP contribution in [0.3, 0.4) is 0 Å². The average Bonchev–Trinajstić information content (AvgIpc) is 2.99. The van der Waals surface area contributed by atoms with Gasteiger partial charge in [0, 0.05) is 44.7 Å². The van der Waals surface area contributed by atoms with Crippen LogP contribution >= 0.6 is 0 Å². The molecule has 1 aromatic carbocycles. The number of nitrogens with zero attached hydrogens (tertiary/aromatic N) is 4. The first-order chi connectivity index (χ1) is 11.6. The zero-order valence-corrected chi connectivity index (χ0v) is 14.4. The fraction of sp³-hybridized carbons (Fsp3) is 0.500. The van der Waals surface area contributed by atoms with Crippen LogP contribution in [0.5, 0.6) is 0 Å². The van der Waals surface area contributed by atoms with Crippen LogP contribution in [0.2, 0.25) is 0 Å². The SMILES string of the molecule is C[C@H]1CCc2ccccc2N1CCC(=O)NCCc1nncn1C. The second-order valence-corrected chi connectivity index (χ2v) is 6.42. The second kappa shape index (κ2) is 7.47. The fourth-order valence-corrected chi connectivity index (χ4v) is 3.26. The lowest BCUT2D eigenvalue weighted by atomic mass is 9.96. The number of hydrogen-bond donors (Lipinski definition) is 1. The molecular formula is C18H25N5O. The first-order valence-electron chi connectivity index (χ1n) is 8.59. The van der Waals surface area contributed by atoms with Crippen LogP contribution in [0.4, 0.5) is 5.69 Å². The van der Waals surface area contributed by atoms with Crippen LogP contribution in [-0.2, 0) is 24.7 Å². The summed E-state index contributed by atoms with van der Waals surface area (Å²) >= 11 is 0. The van der Waals surface area contributed by atoms with Crippen molar-refractivity contribution in [1.29, 1.82) is 0 Å². The van der Waals surface area contributed by atoms with Gasteiger partial charge in [0.15, 0.2) is 0 Å². The predicted octanol–water partition coefficient (Wildman–Crippen LogP) is 1.71. The first kappa shape index (κ1) is 16.5. The van der Waals surface area contributed by atoms with Crippen molar-refractivity contribution in [1.82, 2.24) is 20.1 Å². The van der Waals surface area contributed by atoms with Gasteiger partial charge in [0.05, 0.1) is 0 Å². The van der Waals surface area contributed by atoms with Crippen LogP contribution in [0.25, 0.3) is 0 Å². The van der Waals surface area contributed by atoms with Crippen LogP contribution in [-0.4, -0.2) is 39.8 Å². The van der Waals surface area contributed by atoms with Crippen LogP contribution in [0.1, 0.15) is 31.2 Å². The summed E-state index contributed by atoms with van der Waals surface area (Å²) in [7, 11) is 1.91. The summed E-state index contributed by atoms with van der Waals surface area (Å²) in [5.41, 5.74) is 2.67. The van der Waals surface area contributed by atoms with Gasteiger partial charge < -0.3 is 14.8 Å². The highest BCUT2D eigenvalue weighted by molar-refractivity contribution is 5.76. The Morgan fingerprint density at radius 3 is 3.00 bits per heavy atom. The third kappa shape index (κ3) is 3.75. The van der Waals surface area contributed by atoms with Crippen molar-refractivity contribution in [2.75, 3.05) is 18.0 Å². The van der Waals surface area contributed by atoms with E-state index in [1.807, 2.05) is 11.6 Å². The molecule has 6 nitrogen and oxygen atoms in total. The molecule has 1 aliphatic heterocycles. The molecule has 1 amide bonds. The number of fused-ring (bicyclic) bond motifs is 1. The van der Waals surface area contributed by atoms with Gasteiger partial charge in [-0.25, -0.2) is 0 Å². The van der Waals surface area contributed by atoms with Gasteiger partial charge in [0.2, 0.25) is 5.91 Å². The highest BCUT2D eigenvalue weighted by Gasteiger charge is 2.22. The number of aryl methyl sites for hydroxylation is 2. The maximum Gasteiger partial charge on any atom is 0.221 e. The lowest BCUT2D eigenvalue weighted by Crippen LogP contribution is -2.40. The smallest absolute Gasteiger partial charge is 0.221 e. The van der Waals surface area contributed by atoms with Gasteiger partial charge in [-0.3, -0.25) is 4.79 Å². The maximum absolute atomic E-state index is 12.1. The van der Waals surface area contributed by atoms with Crippen molar-refractivity contribution >= 4 is 11.6 Å². The van der Waals surface area contributed by atoms with Crippen molar-refractivity contribution in [3.8, 4) is 0 Å². The maximum atomic E-state index is 12.1. The number of hydrogen-bond acceptors (Lipinski definition) is 4. The molecule has 128 valence electrons. The predicted molar refractivity (Wildman–Crippen MR) is 93.9 cm³/mol. The van der Waals surface area contributed by atoms with Gasteiger partial charge in [0.25, 0.3) is 0 Å². The van der Waals surface area contributed by atoms with Crippen molar-refractivity contribution in [3.63, 3.8) is 0 Å². The molecule has 2 heterocycles. The lowest BCUT2D eigenvalue weighted by molar-refractivity contribution is -0.120. The molecule has 0 spiro atoms. The highest BCUT2D eigenvalue weighted by atomic mass is 16.1. The van der Waals surface area contributed by atoms with Gasteiger partial charge in [-0.15, -0.1) is 10.2 Å². The Morgan fingerprint density at radius 2 is 2.21 bits per heavy atom. The zero-order valence-electron chi connectivity index (χ0n) is 14.4. The molecule has 0 radical (unpaired) electrons. The minimum absolute atomic E-state index is 0.0902. The standard InChI is InChI=1S/C18H25N5O/c1-14-7-8-15-5-3-4-6-16(15)23(14)12-10-18(24)19-11-9-17-21-20-13-22(17)2/h3-6,13-14H,7-12H2,1-2H3,(H,19,24)/t14-/m0/s1. The minimum Gasteiger partial charge on any atom is -0.368 e. The Hall–Kier alpha value is -2.37. The van der Waals surface area contributed by atoms with E-state index in [0.29, 0.717) is 25.4 Å². The molecule has 1 aromatic heterocycles. The number of amides is 1. The number of aromatic nitrogens is 3. The molecule has 0 bridgehead atoms. The molecule has 0 saturated carbocycles. The zero-order chi connectivity index (χ0) is 16.9. The van der Waals surface area contributed by atoms with Gasteiger partial charge in [-0.1, -0.05) is 18.2 Å². The number of anilines is 1. The monoisotopic (exact) mass is 327 g/mol. The van der Waals surface area contributed by atoms with Gasteiger partial charge in [-0.2, -0.15) is 0 Å². The van der Waals surface area contributed by atoms with Crippen LogP contribution < -0.4 is 10.2 Å². The first-order valence-corrected chi connectivity index (χ1v) is 8.59. The number of carbonyl (C=O) groups is 1. The minimum atomic E-state index is 0.0902. The number of nitrogens with one attached hydrogen (secondary N) is 1. The van der Waals surface area contributed by atoms with E-state index in [1.54, 1.807) is 6.33 Å². The normalized spacial score (nSPS) is 16.8. The van der Waals surface area contributed by atoms with Crippen molar-refractivity contribution in [2.24, 2.45) is 7.05 Å². The molecule has 24 heavy (non-hydrogen) atoms. The summed E-state index contributed by atoms with van der Waals surface area (Å²) in [5.74, 6) is 0.973. The van der Waals surface area contributed by atoms with Crippen molar-refractivity contribution in [3.05, 3.63) is 42.0 Å². The van der Waals surface area contributed by atoms with E-state index < -0.39 is 0 Å². The third-order valence-corrected chi connectivity index (χ3v) is 4.72. The fourth-order valence-electron chi connectivity index (χ4n) is 3.26. The van der Waals surface area contributed by atoms with E-state index in [2.05, 4.69) is 51.6 Å². The molecule has 0 unspecified atom stereocenters. The van der Waals surface area contributed by atoms with Gasteiger partial charge in [-0.05, 0) is 31.4 Å². The Kier molecular flexibility index (Phi) is 5.13. The molecule has 1 N–H and O–H groups in total. The van der Waals surface area contributed by atoms with E-state index in [-0.39, 0.29) is 5.91 Å². The number of benzene rings is 1. The molecule has 1 aliphatic rings. The van der Waals surface area contributed by atoms with E-state index in [4.69, 9.17) is 0 Å². The quantitative estimate of drug-likeness (QED) is 0.877. The summed E-state index contributed by atoms with van der Waals surface area (Å²) in [6.07, 6.45) is 5.15. The summed E-state index contributed by atoms with van der Waals surface area (Å²) in [5, 5.41) is 10.8. The topological polar surface area (TPSA) is 63.1 Å². The van der Waals surface area contributed by atoms with Crippen molar-refractivity contribution < 1.29 is 4.79 Å². The van der Waals surface area contributed by atoms with E-state index in [9.17, 15) is 4.79 Å². The second-order valence-electron chi connectivity index (χ2n) is 6.42. The molecule has 0 aliphatic carbocycles. The van der Waals surface area contributed by atoms with Gasteiger partial charge >= 0.3 is 0 Å². The molecular weight excluding hydrogens is 302 g/mol. The lowest BCUT2D eigenvalue weighted by Gasteiger charge is -2.37. The van der Waals surface area contributed by atoms with E-state index in [1.165, 1.54) is 11.3 Å². The Morgan fingerprint density at radius 1 is 1.38 bits per heavy atom. The summed E-state index contributed by atoms with van der Waals surface area (Å²) in [6.45, 7) is 3.59. The molecule has 6 heteroatoms. The third-order valence-electron chi connectivity index (χ3n) is 4.72. The van der Waals surface area contributed by atoms with Gasteiger partial charge in [0.1, 0.15) is 12.2 Å². The molecule has 2 aromatic rings. The van der Waals surface area contributed by atoms with Crippen LogP contribution in [0, 0.1) is 0 Å². The Bertz CT molecular complexity index is 696. The van der Waals surface area contributed by atoms with Crippen molar-refractivity contribution in [2.45, 2.75) is 38.6 Å². The Labute approximate surface area is 142 Å². The number of para-hydroxylation sites is 1. The summed E-state index contributed by atoms with van der Waals surface area (Å²) in [4.78, 5) is 14.5. The molecule has 0 saturated heterocycles. The summed E-state index contributed by atoms with van der Waals surface area (Å²) in [6, 6.07) is 9.00. The molecule has 3 rings (SSSR count). The molecule has 0 fully saturated rings. The van der Waals surface area contributed by atoms with E-state index >= 15 is 0 Å². The summed E-state index contributed by atoms with van der Waals surface area (Å²) < 4.78 is 1.87. The highest BCUT2D eigenvalue weighted by Crippen LogP contribution is 2.30.